The Morgan fingerprint density at radius 3 is 2.81 bits per heavy atom. The second-order valence-corrected chi connectivity index (χ2v) is 11.4. The maximum absolute atomic E-state index is 13.4. The van der Waals surface area contributed by atoms with Gasteiger partial charge in [0.2, 0.25) is 0 Å². The van der Waals surface area contributed by atoms with Crippen molar-refractivity contribution in [2.24, 2.45) is 0 Å². The Bertz CT molecular complexity index is 1740. The lowest BCUT2D eigenvalue weighted by Gasteiger charge is -2.21. The van der Waals surface area contributed by atoms with Gasteiger partial charge in [-0.25, -0.2) is 14.8 Å². The molecule has 2 amide bonds. The van der Waals surface area contributed by atoms with Gasteiger partial charge in [0, 0.05) is 6.54 Å². The van der Waals surface area contributed by atoms with Gasteiger partial charge in [0.25, 0.3) is 11.8 Å². The fourth-order valence-electron chi connectivity index (χ4n) is 5.37. The van der Waals surface area contributed by atoms with Crippen molar-refractivity contribution in [1.29, 1.82) is 0 Å². The second-order valence-electron chi connectivity index (χ2n) is 11.4. The molecular weight excluding hydrogens is 538 g/mol. The fraction of sp³-hybridized carbons (Fsp3) is 0.333. The molecule has 0 unspecified atom stereocenters. The lowest BCUT2D eigenvalue weighted by Crippen LogP contribution is -2.28. The summed E-state index contributed by atoms with van der Waals surface area (Å²) in [6, 6.07) is 8.97. The smallest absolute Gasteiger partial charge is 0.338 e. The van der Waals surface area contributed by atoms with E-state index >= 15 is 0 Å². The van der Waals surface area contributed by atoms with E-state index in [1.165, 1.54) is 6.33 Å². The SMILES string of the molecule is Cc1c(C(=O)OC(C)(C)C)ccc2c1CC[C@@H]2NC(=O)c1ncnc2c(NCc3ccc4c(c3)NC(=O)CO4)n[nH]c12. The first-order valence-electron chi connectivity index (χ1n) is 13.7. The molecule has 0 fully saturated rings. The third-order valence-electron chi connectivity index (χ3n) is 7.32. The van der Waals surface area contributed by atoms with Crippen molar-refractivity contribution in [2.45, 2.75) is 58.7 Å². The molecule has 4 aromatic rings. The number of amides is 2. The molecule has 0 spiro atoms. The van der Waals surface area contributed by atoms with Crippen molar-refractivity contribution < 1.29 is 23.9 Å². The predicted octanol–water partition coefficient (Wildman–Crippen LogP) is 3.98. The topological polar surface area (TPSA) is 160 Å². The molecule has 2 aromatic carbocycles. The van der Waals surface area contributed by atoms with Crippen LogP contribution >= 0.6 is 0 Å². The van der Waals surface area contributed by atoms with Crippen molar-refractivity contribution in [3.05, 3.63) is 70.2 Å². The van der Waals surface area contributed by atoms with Crippen LogP contribution < -0.4 is 20.7 Å². The van der Waals surface area contributed by atoms with Crippen LogP contribution in [0.3, 0.4) is 0 Å². The summed E-state index contributed by atoms with van der Waals surface area (Å²) in [6.07, 6.45) is 2.78. The molecular formula is C30H31N7O5. The largest absolute Gasteiger partial charge is 0.482 e. The van der Waals surface area contributed by atoms with Gasteiger partial charge in [-0.15, -0.1) is 0 Å². The van der Waals surface area contributed by atoms with E-state index in [1.54, 1.807) is 12.1 Å². The van der Waals surface area contributed by atoms with Crippen molar-refractivity contribution in [2.75, 3.05) is 17.2 Å². The van der Waals surface area contributed by atoms with E-state index in [9.17, 15) is 14.4 Å². The Morgan fingerprint density at radius 2 is 2.00 bits per heavy atom. The molecule has 1 atom stereocenters. The minimum atomic E-state index is -0.584. The molecule has 1 aliphatic heterocycles. The first kappa shape index (κ1) is 27.2. The second kappa shape index (κ2) is 10.4. The highest BCUT2D eigenvalue weighted by Gasteiger charge is 2.30. The molecule has 4 N–H and O–H groups in total. The molecule has 12 nitrogen and oxygen atoms in total. The number of carbonyl (C=O) groups excluding carboxylic acids is 3. The molecule has 0 radical (unpaired) electrons. The third kappa shape index (κ3) is 5.22. The standard InChI is InChI=1S/C30H31N7O5/c1-15-17-8-9-20(19(17)7-6-18(15)29(40)42-30(2,3)4)35-28(39)26-24-25(32-14-33-26)27(37-36-24)31-12-16-5-10-22-21(11-16)34-23(38)13-41-22/h5-7,10-11,14,20H,8-9,12-13H2,1-4H3,(H,34,38)(H,35,39)(H2,31,36,37)/t20-/m0/s1. The van der Waals surface area contributed by atoms with Crippen molar-refractivity contribution in [3.8, 4) is 5.75 Å². The maximum atomic E-state index is 13.4. The van der Waals surface area contributed by atoms with Crippen molar-refractivity contribution in [1.82, 2.24) is 25.5 Å². The van der Waals surface area contributed by atoms with Gasteiger partial charge < -0.3 is 25.4 Å². The fourth-order valence-corrected chi connectivity index (χ4v) is 5.37. The van der Waals surface area contributed by atoms with E-state index in [2.05, 4.69) is 36.1 Å². The molecule has 42 heavy (non-hydrogen) atoms. The molecule has 0 bridgehead atoms. The minimum Gasteiger partial charge on any atom is -0.482 e. The predicted molar refractivity (Wildman–Crippen MR) is 154 cm³/mol. The van der Waals surface area contributed by atoms with Gasteiger partial charge in [-0.1, -0.05) is 12.1 Å². The molecule has 3 heterocycles. The molecule has 2 aliphatic rings. The number of rotatable bonds is 6. The average molecular weight is 570 g/mol. The zero-order valence-corrected chi connectivity index (χ0v) is 23.8. The van der Waals surface area contributed by atoms with Gasteiger partial charge in [0.05, 0.1) is 17.3 Å². The normalized spacial score (nSPS) is 15.8. The Balaban J connectivity index is 1.17. The van der Waals surface area contributed by atoms with E-state index in [4.69, 9.17) is 9.47 Å². The molecule has 2 aromatic heterocycles. The van der Waals surface area contributed by atoms with Gasteiger partial charge in [-0.05, 0) is 81.0 Å². The number of esters is 1. The molecule has 12 heteroatoms. The van der Waals surface area contributed by atoms with Crippen LogP contribution in [0.4, 0.5) is 11.5 Å². The minimum absolute atomic E-state index is 0.00139. The zero-order chi connectivity index (χ0) is 29.6. The number of H-pyrrole nitrogens is 1. The number of anilines is 2. The summed E-state index contributed by atoms with van der Waals surface area (Å²) < 4.78 is 11.0. The van der Waals surface area contributed by atoms with Gasteiger partial charge in [0.1, 0.15) is 28.7 Å². The molecule has 1 aliphatic carbocycles. The number of benzene rings is 2. The summed E-state index contributed by atoms with van der Waals surface area (Å²) in [4.78, 5) is 46.3. The van der Waals surface area contributed by atoms with Crippen molar-refractivity contribution in [3.63, 3.8) is 0 Å². The average Bonchev–Trinajstić information content (AvgIpc) is 3.55. The molecule has 0 saturated carbocycles. The van der Waals surface area contributed by atoms with Crippen LogP contribution in [0, 0.1) is 6.92 Å². The number of ether oxygens (including phenoxy) is 2. The van der Waals surface area contributed by atoms with E-state index in [0.29, 0.717) is 46.8 Å². The van der Waals surface area contributed by atoms with Crippen LogP contribution in [0.25, 0.3) is 11.0 Å². The van der Waals surface area contributed by atoms with E-state index in [0.717, 1.165) is 28.7 Å². The molecule has 216 valence electrons. The van der Waals surface area contributed by atoms with Crippen molar-refractivity contribution >= 4 is 40.3 Å². The van der Waals surface area contributed by atoms with E-state index in [1.807, 2.05) is 45.9 Å². The Hall–Kier alpha value is -5.00. The van der Waals surface area contributed by atoms with Crippen LogP contribution in [-0.2, 0) is 22.5 Å². The lowest BCUT2D eigenvalue weighted by atomic mass is 9.97. The first-order chi connectivity index (χ1) is 20.1. The summed E-state index contributed by atoms with van der Waals surface area (Å²) in [5, 5.41) is 16.4. The number of nitrogens with zero attached hydrogens (tertiary/aromatic N) is 3. The third-order valence-corrected chi connectivity index (χ3v) is 7.32. The summed E-state index contributed by atoms with van der Waals surface area (Å²) in [5.74, 6) is 0.186. The Labute approximate surface area is 241 Å². The Kier molecular flexibility index (Phi) is 6.76. The zero-order valence-electron chi connectivity index (χ0n) is 23.8. The van der Waals surface area contributed by atoms with Gasteiger partial charge in [0.15, 0.2) is 18.1 Å². The summed E-state index contributed by atoms with van der Waals surface area (Å²) in [6.45, 7) is 7.85. The van der Waals surface area contributed by atoms with Crippen LogP contribution in [0.5, 0.6) is 5.75 Å². The number of fused-ring (bicyclic) bond motifs is 3. The number of hydrogen-bond donors (Lipinski definition) is 4. The number of aromatic nitrogens is 4. The highest BCUT2D eigenvalue weighted by molar-refractivity contribution is 6.05. The number of hydrogen-bond acceptors (Lipinski definition) is 9. The number of nitrogens with one attached hydrogen (secondary N) is 4. The lowest BCUT2D eigenvalue weighted by molar-refractivity contribution is -0.118. The van der Waals surface area contributed by atoms with Gasteiger partial charge in [-0.2, -0.15) is 5.10 Å². The number of carbonyl (C=O) groups is 3. The van der Waals surface area contributed by atoms with E-state index < -0.39 is 5.60 Å². The van der Waals surface area contributed by atoms with Crippen LogP contribution in [0.2, 0.25) is 0 Å². The molecule has 6 rings (SSSR count). The van der Waals surface area contributed by atoms with Crippen LogP contribution in [0.1, 0.15) is 76.3 Å². The summed E-state index contributed by atoms with van der Waals surface area (Å²) >= 11 is 0. The Morgan fingerprint density at radius 1 is 1.17 bits per heavy atom. The summed E-state index contributed by atoms with van der Waals surface area (Å²) in [7, 11) is 0. The number of aromatic amines is 1. The maximum Gasteiger partial charge on any atom is 0.338 e. The van der Waals surface area contributed by atoms with Gasteiger partial charge >= 0.3 is 5.97 Å². The highest BCUT2D eigenvalue weighted by Crippen LogP contribution is 2.36. The highest BCUT2D eigenvalue weighted by atomic mass is 16.6. The monoisotopic (exact) mass is 569 g/mol. The molecule has 0 saturated heterocycles. The van der Waals surface area contributed by atoms with Gasteiger partial charge in [-0.3, -0.25) is 14.7 Å². The summed E-state index contributed by atoms with van der Waals surface area (Å²) in [5.41, 5.74) is 5.46. The van der Waals surface area contributed by atoms with E-state index in [-0.39, 0.29) is 36.1 Å². The first-order valence-corrected chi connectivity index (χ1v) is 13.7. The van der Waals surface area contributed by atoms with Crippen LogP contribution in [-0.4, -0.2) is 50.2 Å². The van der Waals surface area contributed by atoms with Crippen LogP contribution in [0.15, 0.2) is 36.7 Å². The quantitative estimate of drug-likeness (QED) is 0.252.